The lowest BCUT2D eigenvalue weighted by molar-refractivity contribution is 0.194. The summed E-state index contributed by atoms with van der Waals surface area (Å²) in [4.78, 5) is 9.24. The van der Waals surface area contributed by atoms with Crippen molar-refractivity contribution < 1.29 is 0 Å². The number of anilines is 1. The minimum Gasteiger partial charge on any atom is -0.369 e. The van der Waals surface area contributed by atoms with Crippen LogP contribution in [0.15, 0.2) is 73.1 Å². The number of hydrogen-bond donors (Lipinski definition) is 0. The molecule has 0 unspecified atom stereocenters. The van der Waals surface area contributed by atoms with Crippen molar-refractivity contribution in [3.05, 3.63) is 89.0 Å². The van der Waals surface area contributed by atoms with Gasteiger partial charge in [-0.25, -0.2) is 4.68 Å². The van der Waals surface area contributed by atoms with E-state index in [9.17, 15) is 0 Å². The molecular formula is C28H32N6S. The minimum atomic E-state index is 0.678. The zero-order valence-electron chi connectivity index (χ0n) is 20.5. The number of piperazine rings is 1. The molecule has 0 N–H and O–H groups in total. The normalized spacial score (nSPS) is 14.4. The fraction of sp³-hybridized carbons (Fsp3) is 0.321. The van der Waals surface area contributed by atoms with E-state index in [1.54, 1.807) is 6.20 Å². The van der Waals surface area contributed by atoms with Crippen LogP contribution in [0.2, 0.25) is 0 Å². The molecule has 2 aromatic carbocycles. The van der Waals surface area contributed by atoms with Crippen LogP contribution in [0.1, 0.15) is 25.0 Å². The standard InChI is InChI=1S/C28H32N6S/c1-3-22-10-8-11-23(4-2)26(22)34-27(24-12-9-15-29-20-24)30-33(28(34)35)21-31-16-18-32(19-17-31)25-13-6-5-7-14-25/h5-15,20H,3-4,16-19,21H2,1-2H3. The largest absolute Gasteiger partial charge is 0.369 e. The first kappa shape index (κ1) is 23.5. The van der Waals surface area contributed by atoms with Gasteiger partial charge in [-0.15, -0.1) is 5.10 Å². The molecule has 4 aromatic rings. The molecule has 1 aliphatic rings. The topological polar surface area (TPSA) is 42.1 Å². The third kappa shape index (κ3) is 4.79. The Labute approximate surface area is 212 Å². The maximum atomic E-state index is 6.08. The maximum Gasteiger partial charge on any atom is 0.204 e. The van der Waals surface area contributed by atoms with Crippen LogP contribution in [0.3, 0.4) is 0 Å². The molecule has 0 aliphatic carbocycles. The van der Waals surface area contributed by atoms with Crippen LogP contribution in [0.4, 0.5) is 5.69 Å². The summed E-state index contributed by atoms with van der Waals surface area (Å²) in [6, 6.07) is 21.2. The Hall–Kier alpha value is -3.29. The Morgan fingerprint density at radius 3 is 2.17 bits per heavy atom. The lowest BCUT2D eigenvalue weighted by atomic mass is 10.0. The van der Waals surface area contributed by atoms with E-state index in [4.69, 9.17) is 17.3 Å². The second-order valence-corrected chi connectivity index (χ2v) is 9.26. The van der Waals surface area contributed by atoms with Crippen molar-refractivity contribution in [2.45, 2.75) is 33.4 Å². The van der Waals surface area contributed by atoms with Gasteiger partial charge in [-0.2, -0.15) is 0 Å². The molecule has 1 saturated heterocycles. The van der Waals surface area contributed by atoms with Crippen molar-refractivity contribution in [2.75, 3.05) is 31.1 Å². The van der Waals surface area contributed by atoms with Gasteiger partial charge in [0.05, 0.1) is 12.4 Å². The minimum absolute atomic E-state index is 0.678. The first-order valence-corrected chi connectivity index (χ1v) is 12.8. The number of rotatable bonds is 7. The molecule has 0 bridgehead atoms. The molecule has 7 heteroatoms. The monoisotopic (exact) mass is 484 g/mol. The molecule has 0 atom stereocenters. The van der Waals surface area contributed by atoms with Crippen molar-refractivity contribution >= 4 is 17.9 Å². The first-order valence-electron chi connectivity index (χ1n) is 12.4. The fourth-order valence-corrected chi connectivity index (χ4v) is 5.14. The molecule has 0 saturated carbocycles. The lowest BCUT2D eigenvalue weighted by Crippen LogP contribution is -2.47. The summed E-state index contributed by atoms with van der Waals surface area (Å²) in [6.45, 7) is 9.00. The number of pyridine rings is 1. The maximum absolute atomic E-state index is 6.08. The highest BCUT2D eigenvalue weighted by molar-refractivity contribution is 7.71. The molecule has 180 valence electrons. The average Bonchev–Trinajstić information content (AvgIpc) is 3.24. The van der Waals surface area contributed by atoms with Crippen LogP contribution in [-0.4, -0.2) is 50.4 Å². The van der Waals surface area contributed by atoms with Gasteiger partial charge in [0.1, 0.15) is 0 Å². The van der Waals surface area contributed by atoms with Crippen LogP contribution >= 0.6 is 12.2 Å². The van der Waals surface area contributed by atoms with E-state index < -0.39 is 0 Å². The van der Waals surface area contributed by atoms with Crippen LogP contribution < -0.4 is 4.90 Å². The summed E-state index contributed by atoms with van der Waals surface area (Å²) in [7, 11) is 0. The first-order chi connectivity index (χ1) is 17.2. The summed E-state index contributed by atoms with van der Waals surface area (Å²) in [5, 5.41) is 5.06. The highest BCUT2D eigenvalue weighted by atomic mass is 32.1. The molecule has 35 heavy (non-hydrogen) atoms. The Morgan fingerprint density at radius 2 is 1.54 bits per heavy atom. The van der Waals surface area contributed by atoms with Gasteiger partial charge in [-0.05, 0) is 60.5 Å². The van der Waals surface area contributed by atoms with E-state index in [1.165, 1.54) is 22.5 Å². The lowest BCUT2D eigenvalue weighted by Gasteiger charge is -2.35. The van der Waals surface area contributed by atoms with Crippen molar-refractivity contribution in [2.24, 2.45) is 0 Å². The smallest absolute Gasteiger partial charge is 0.204 e. The van der Waals surface area contributed by atoms with Gasteiger partial charge in [0.25, 0.3) is 0 Å². The number of benzene rings is 2. The quantitative estimate of drug-likeness (QED) is 0.330. The van der Waals surface area contributed by atoms with Gasteiger partial charge >= 0.3 is 0 Å². The molecule has 0 amide bonds. The van der Waals surface area contributed by atoms with Crippen LogP contribution in [-0.2, 0) is 19.5 Å². The van der Waals surface area contributed by atoms with Gasteiger partial charge in [0, 0.05) is 49.8 Å². The van der Waals surface area contributed by atoms with E-state index in [0.29, 0.717) is 6.67 Å². The predicted octanol–water partition coefficient (Wildman–Crippen LogP) is 5.37. The third-order valence-corrected chi connectivity index (χ3v) is 7.17. The van der Waals surface area contributed by atoms with Crippen molar-refractivity contribution in [1.82, 2.24) is 24.2 Å². The highest BCUT2D eigenvalue weighted by Gasteiger charge is 2.22. The number of hydrogen-bond acceptors (Lipinski definition) is 5. The molecule has 6 nitrogen and oxygen atoms in total. The van der Waals surface area contributed by atoms with E-state index >= 15 is 0 Å². The summed E-state index contributed by atoms with van der Waals surface area (Å²) >= 11 is 6.08. The number of nitrogens with zero attached hydrogens (tertiary/aromatic N) is 6. The van der Waals surface area contributed by atoms with Gasteiger partial charge in [0.15, 0.2) is 5.82 Å². The molecule has 0 spiro atoms. The van der Waals surface area contributed by atoms with Gasteiger partial charge in [0.2, 0.25) is 4.77 Å². The second kappa shape index (κ2) is 10.5. The zero-order valence-corrected chi connectivity index (χ0v) is 21.3. The van der Waals surface area contributed by atoms with Gasteiger partial charge in [-0.1, -0.05) is 50.2 Å². The van der Waals surface area contributed by atoms with Crippen molar-refractivity contribution in [3.63, 3.8) is 0 Å². The van der Waals surface area contributed by atoms with Gasteiger partial charge < -0.3 is 4.90 Å². The summed E-state index contributed by atoms with van der Waals surface area (Å²) in [5.41, 5.74) is 5.99. The van der Waals surface area contributed by atoms with Crippen molar-refractivity contribution in [1.29, 1.82) is 0 Å². The molecule has 0 radical (unpaired) electrons. The van der Waals surface area contributed by atoms with E-state index in [2.05, 4.69) is 87.8 Å². The van der Waals surface area contributed by atoms with Crippen LogP contribution in [0.5, 0.6) is 0 Å². The van der Waals surface area contributed by atoms with Crippen LogP contribution in [0.25, 0.3) is 17.1 Å². The van der Waals surface area contributed by atoms with E-state index in [-0.39, 0.29) is 0 Å². The zero-order chi connectivity index (χ0) is 24.2. The summed E-state index contributed by atoms with van der Waals surface area (Å²) < 4.78 is 4.89. The third-order valence-electron chi connectivity index (χ3n) is 6.78. The Bertz CT molecular complexity index is 1300. The number of aromatic nitrogens is 4. The Balaban J connectivity index is 1.49. The highest BCUT2D eigenvalue weighted by Crippen LogP contribution is 2.28. The van der Waals surface area contributed by atoms with Crippen molar-refractivity contribution in [3.8, 4) is 17.1 Å². The number of aryl methyl sites for hydroxylation is 2. The number of para-hydroxylation sites is 2. The summed E-state index contributed by atoms with van der Waals surface area (Å²) in [5.74, 6) is 0.849. The molecule has 1 fully saturated rings. The summed E-state index contributed by atoms with van der Waals surface area (Å²) in [6.07, 6.45) is 5.54. The average molecular weight is 485 g/mol. The molecule has 3 heterocycles. The Kier molecular flexibility index (Phi) is 7.06. The fourth-order valence-electron chi connectivity index (χ4n) is 4.86. The predicted molar refractivity (Wildman–Crippen MR) is 145 cm³/mol. The SMILES string of the molecule is CCc1cccc(CC)c1-n1c(-c2cccnc2)nn(CN2CCN(c3ccccc3)CC2)c1=S. The molecule has 5 rings (SSSR count). The van der Waals surface area contributed by atoms with E-state index in [1.807, 2.05) is 16.9 Å². The molecule has 1 aliphatic heterocycles. The Morgan fingerprint density at radius 1 is 0.829 bits per heavy atom. The van der Waals surface area contributed by atoms with E-state index in [0.717, 1.165) is 55.2 Å². The molecule has 2 aromatic heterocycles. The van der Waals surface area contributed by atoms with Crippen LogP contribution in [0, 0.1) is 4.77 Å². The molecular weight excluding hydrogens is 452 g/mol. The van der Waals surface area contributed by atoms with Gasteiger partial charge in [-0.3, -0.25) is 14.5 Å². The second-order valence-electron chi connectivity index (χ2n) is 8.90.